The summed E-state index contributed by atoms with van der Waals surface area (Å²) in [4.78, 5) is 16.5. The zero-order chi connectivity index (χ0) is 25.3. The molecule has 0 bridgehead atoms. The van der Waals surface area contributed by atoms with Gasteiger partial charge in [0, 0.05) is 46.2 Å². The zero-order valence-corrected chi connectivity index (χ0v) is 18.7. The lowest BCUT2D eigenvalue weighted by Crippen LogP contribution is -2.56. The molecule has 0 aliphatic carbocycles. The number of carbonyl (C=O) groups excluding carboxylic acids is 1. The third-order valence-corrected chi connectivity index (χ3v) is 5.76. The number of carbonyl (C=O) groups is 1. The van der Waals surface area contributed by atoms with E-state index in [1.165, 1.54) is 11.8 Å². The topological polar surface area (TPSA) is 229 Å². The summed E-state index contributed by atoms with van der Waals surface area (Å²) in [6.45, 7) is 1.01. The van der Waals surface area contributed by atoms with Crippen LogP contribution in [0.25, 0.3) is 0 Å². The maximum Gasteiger partial charge on any atom is 0.219 e. The Kier molecular flexibility index (Phi) is 13.1. The maximum absolute atomic E-state index is 11.5. The van der Waals surface area contributed by atoms with Crippen molar-refractivity contribution in [3.8, 4) is 0 Å². The van der Waals surface area contributed by atoms with Crippen LogP contribution in [0.4, 0.5) is 0 Å². The highest BCUT2D eigenvalue weighted by Crippen LogP contribution is 2.12. The molecule has 14 heteroatoms. The largest absolute Gasteiger partial charge is 0.394 e. The van der Waals surface area contributed by atoms with Gasteiger partial charge < -0.3 is 56.0 Å². The van der Waals surface area contributed by atoms with Crippen molar-refractivity contribution in [2.75, 3.05) is 59.2 Å². The van der Waals surface area contributed by atoms with Crippen molar-refractivity contribution in [3.05, 3.63) is 0 Å². The Labute approximate surface area is 192 Å². The van der Waals surface area contributed by atoms with Crippen molar-refractivity contribution < 1.29 is 55.9 Å². The van der Waals surface area contributed by atoms with Gasteiger partial charge in [-0.15, -0.1) is 0 Å². The predicted octanol–water partition coefficient (Wildman–Crippen LogP) is -6.72. The Morgan fingerprint density at radius 1 is 0.697 bits per heavy atom. The minimum Gasteiger partial charge on any atom is -0.394 e. The van der Waals surface area contributed by atoms with E-state index in [9.17, 15) is 45.6 Å². The van der Waals surface area contributed by atoms with Crippen LogP contribution in [0, 0.1) is 0 Å². The number of nitrogens with zero attached hydrogens (tertiary/aromatic N) is 3. The van der Waals surface area contributed by atoms with Crippen molar-refractivity contribution in [2.24, 2.45) is 0 Å². The van der Waals surface area contributed by atoms with Gasteiger partial charge in [0.25, 0.3) is 0 Å². The summed E-state index contributed by atoms with van der Waals surface area (Å²) in [5.41, 5.74) is 0. The lowest BCUT2D eigenvalue weighted by atomic mass is 10.0. The smallest absolute Gasteiger partial charge is 0.219 e. The molecule has 1 saturated heterocycles. The van der Waals surface area contributed by atoms with Gasteiger partial charge in [-0.3, -0.25) is 14.6 Å². The third kappa shape index (κ3) is 9.28. The van der Waals surface area contributed by atoms with Crippen LogP contribution in [0.1, 0.15) is 6.92 Å². The Balaban J connectivity index is 2.86. The molecule has 1 aliphatic rings. The van der Waals surface area contributed by atoms with Gasteiger partial charge in [0.2, 0.25) is 5.91 Å². The summed E-state index contributed by atoms with van der Waals surface area (Å²) in [5, 5.41) is 97.4. The minimum absolute atomic E-state index is 0.0727. The third-order valence-electron chi connectivity index (χ3n) is 5.76. The first-order valence-corrected chi connectivity index (χ1v) is 10.8. The molecule has 1 aliphatic heterocycles. The zero-order valence-electron chi connectivity index (χ0n) is 18.7. The number of hydrogen-bond donors (Lipinski definition) is 10. The summed E-state index contributed by atoms with van der Waals surface area (Å²) in [6.07, 6.45) is -14.0. The quantitative estimate of drug-likeness (QED) is 0.110. The lowest BCUT2D eigenvalue weighted by Gasteiger charge is -2.39. The van der Waals surface area contributed by atoms with Crippen LogP contribution in [0.5, 0.6) is 0 Å². The summed E-state index contributed by atoms with van der Waals surface area (Å²) in [5.74, 6) is -0.0727. The molecule has 1 rings (SSSR count). The molecule has 0 aromatic heterocycles. The van der Waals surface area contributed by atoms with Gasteiger partial charge in [-0.25, -0.2) is 0 Å². The molecule has 0 spiro atoms. The van der Waals surface area contributed by atoms with Gasteiger partial charge in [0.15, 0.2) is 0 Å². The first-order chi connectivity index (χ1) is 15.4. The standard InChI is InChI=1S/C19H39N3O11/c1-11(25)22-4-2-20(3-5-22)10-21(6-12(26)16(30)18(32)14(28)8-23)7-13(27)17(31)19(33)15(29)9-24/h12-19,23-24,26-33H,2-10H2,1H3. The fraction of sp³-hybridized carbons (Fsp3) is 0.947. The van der Waals surface area contributed by atoms with Crippen molar-refractivity contribution in [3.63, 3.8) is 0 Å². The Morgan fingerprint density at radius 3 is 1.39 bits per heavy atom. The summed E-state index contributed by atoms with van der Waals surface area (Å²) < 4.78 is 0. The number of hydrogen-bond acceptors (Lipinski definition) is 13. The van der Waals surface area contributed by atoms with E-state index in [0.29, 0.717) is 26.2 Å². The minimum atomic E-state index is -1.84. The second-order valence-electron chi connectivity index (χ2n) is 8.40. The van der Waals surface area contributed by atoms with Gasteiger partial charge in [0.05, 0.1) is 32.1 Å². The van der Waals surface area contributed by atoms with Crippen molar-refractivity contribution in [1.29, 1.82) is 0 Å². The van der Waals surface area contributed by atoms with Crippen LogP contribution in [0.15, 0.2) is 0 Å². The second kappa shape index (κ2) is 14.4. The fourth-order valence-electron chi connectivity index (χ4n) is 3.55. The highest BCUT2D eigenvalue weighted by Gasteiger charge is 2.35. The van der Waals surface area contributed by atoms with E-state index in [2.05, 4.69) is 0 Å². The number of piperazine rings is 1. The van der Waals surface area contributed by atoms with Crippen molar-refractivity contribution in [1.82, 2.24) is 14.7 Å². The van der Waals surface area contributed by atoms with Gasteiger partial charge >= 0.3 is 0 Å². The van der Waals surface area contributed by atoms with E-state index in [4.69, 9.17) is 10.2 Å². The van der Waals surface area contributed by atoms with Gasteiger partial charge in [-0.2, -0.15) is 0 Å². The molecule has 0 radical (unpaired) electrons. The Morgan fingerprint density at radius 2 is 1.06 bits per heavy atom. The highest BCUT2D eigenvalue weighted by molar-refractivity contribution is 5.73. The highest BCUT2D eigenvalue weighted by atomic mass is 16.4. The maximum atomic E-state index is 11.5. The predicted molar refractivity (Wildman–Crippen MR) is 112 cm³/mol. The van der Waals surface area contributed by atoms with Crippen LogP contribution in [0.2, 0.25) is 0 Å². The van der Waals surface area contributed by atoms with E-state index in [0.717, 1.165) is 0 Å². The molecule has 14 nitrogen and oxygen atoms in total. The van der Waals surface area contributed by atoms with Crippen LogP contribution < -0.4 is 0 Å². The molecule has 1 fully saturated rings. The number of rotatable bonds is 14. The molecule has 10 N–H and O–H groups in total. The molecule has 8 unspecified atom stereocenters. The fourth-order valence-corrected chi connectivity index (χ4v) is 3.55. The average molecular weight is 486 g/mol. The first-order valence-electron chi connectivity index (χ1n) is 10.8. The average Bonchev–Trinajstić information content (AvgIpc) is 2.80. The Hall–Kier alpha value is -1.01. The molecule has 0 aromatic carbocycles. The molecular formula is C19H39N3O11. The second-order valence-corrected chi connectivity index (χ2v) is 8.40. The SMILES string of the molecule is CC(=O)N1CCN(CN(CC(O)C(O)C(O)C(O)CO)CC(O)C(O)C(O)C(O)CO)CC1. The molecule has 33 heavy (non-hydrogen) atoms. The van der Waals surface area contributed by atoms with Gasteiger partial charge in [-0.1, -0.05) is 0 Å². The monoisotopic (exact) mass is 485 g/mol. The molecule has 8 atom stereocenters. The number of aliphatic hydroxyl groups is 10. The van der Waals surface area contributed by atoms with Crippen molar-refractivity contribution >= 4 is 5.91 Å². The summed E-state index contributed by atoms with van der Waals surface area (Å²) in [7, 11) is 0. The lowest BCUT2D eigenvalue weighted by molar-refractivity contribution is -0.135. The number of aliphatic hydroxyl groups excluding tert-OH is 10. The van der Waals surface area contributed by atoms with E-state index in [1.54, 1.807) is 4.90 Å². The first kappa shape index (κ1) is 30.0. The van der Waals surface area contributed by atoms with Crippen LogP contribution in [0.3, 0.4) is 0 Å². The number of amides is 1. The van der Waals surface area contributed by atoms with E-state index in [-0.39, 0.29) is 25.7 Å². The summed E-state index contributed by atoms with van der Waals surface area (Å²) >= 11 is 0. The molecule has 0 saturated carbocycles. The molecule has 1 heterocycles. The molecular weight excluding hydrogens is 446 g/mol. The van der Waals surface area contributed by atoms with E-state index < -0.39 is 62.0 Å². The molecule has 1 amide bonds. The van der Waals surface area contributed by atoms with Crippen LogP contribution >= 0.6 is 0 Å². The van der Waals surface area contributed by atoms with E-state index >= 15 is 0 Å². The van der Waals surface area contributed by atoms with Crippen LogP contribution in [-0.4, -0.2) is 180 Å². The molecule has 196 valence electrons. The van der Waals surface area contributed by atoms with E-state index in [1.807, 2.05) is 4.90 Å². The molecule has 0 aromatic rings. The van der Waals surface area contributed by atoms with Gasteiger partial charge in [-0.05, 0) is 0 Å². The normalized spacial score (nSPS) is 23.0. The van der Waals surface area contributed by atoms with Crippen molar-refractivity contribution in [2.45, 2.75) is 55.8 Å². The van der Waals surface area contributed by atoms with Gasteiger partial charge in [0.1, 0.15) is 36.6 Å². The summed E-state index contributed by atoms with van der Waals surface area (Å²) in [6, 6.07) is 0. The van der Waals surface area contributed by atoms with Crippen LogP contribution in [-0.2, 0) is 4.79 Å². The Bertz CT molecular complexity index is 537.